The lowest BCUT2D eigenvalue weighted by Gasteiger charge is -2.37. The Labute approximate surface area is 168 Å². The summed E-state index contributed by atoms with van der Waals surface area (Å²) >= 11 is 0. The van der Waals surface area contributed by atoms with Gasteiger partial charge in [-0.05, 0) is 58.7 Å². The van der Waals surface area contributed by atoms with Gasteiger partial charge in [-0.3, -0.25) is 9.59 Å². The molecule has 0 aromatic carbocycles. The van der Waals surface area contributed by atoms with E-state index in [1.165, 1.54) is 0 Å². The zero-order valence-electron chi connectivity index (χ0n) is 18.9. The molecule has 3 atom stereocenters. The number of hydrogen-bond acceptors (Lipinski definition) is 5. The quantitative estimate of drug-likeness (QED) is 0.442. The van der Waals surface area contributed by atoms with Gasteiger partial charge in [0.05, 0.1) is 0 Å². The molecule has 0 amide bonds. The van der Waals surface area contributed by atoms with Gasteiger partial charge in [-0.2, -0.15) is 0 Å². The van der Waals surface area contributed by atoms with Crippen molar-refractivity contribution >= 4 is 36.8 Å². The topological polar surface area (TPSA) is 55.8 Å². The van der Waals surface area contributed by atoms with Crippen molar-refractivity contribution in [3.05, 3.63) is 12.2 Å². The third kappa shape index (κ3) is 7.32. The summed E-state index contributed by atoms with van der Waals surface area (Å²) < 4.78 is 13.9. The van der Waals surface area contributed by atoms with Gasteiger partial charge in [-0.25, -0.2) is 0 Å². The van der Waals surface area contributed by atoms with Crippen molar-refractivity contribution in [1.29, 1.82) is 0 Å². The molecule has 1 aliphatic rings. The lowest BCUT2D eigenvalue weighted by atomic mass is 9.84. The van der Waals surface area contributed by atoms with E-state index in [0.717, 1.165) is 12.1 Å². The molecule has 0 N–H and O–H groups in total. The van der Waals surface area contributed by atoms with Crippen LogP contribution in [0.1, 0.15) is 13.3 Å². The summed E-state index contributed by atoms with van der Waals surface area (Å²) in [5, 5.41) is 0. The van der Waals surface area contributed by atoms with E-state index in [9.17, 15) is 9.59 Å². The zero-order valence-corrected chi connectivity index (χ0v) is 21.9. The van der Waals surface area contributed by atoms with E-state index in [-0.39, 0.29) is 36.2 Å². The highest BCUT2D eigenvalue weighted by molar-refractivity contribution is 6.74. The maximum absolute atomic E-state index is 13.2. The summed E-state index contributed by atoms with van der Waals surface area (Å²) in [7, 11) is -5.78. The Kier molecular flexibility index (Phi) is 7.52. The molecule has 8 heteroatoms. The second kappa shape index (κ2) is 8.34. The van der Waals surface area contributed by atoms with Crippen LogP contribution in [-0.2, 0) is 18.4 Å². The highest BCUT2D eigenvalue weighted by Gasteiger charge is 2.51. The van der Waals surface area contributed by atoms with Crippen LogP contribution >= 0.6 is 0 Å². The largest absolute Gasteiger partial charge is 0.520 e. The van der Waals surface area contributed by atoms with Crippen molar-refractivity contribution in [2.75, 3.05) is 6.54 Å². The van der Waals surface area contributed by atoms with Gasteiger partial charge in [0, 0.05) is 12.3 Å². The standard InChI is InChI=1S/C19H39NO4Si3/c1-14(2)16-13-20(25(3,4)5)18(19(22)24-27(9,10)11)15(16)12-17(21)23-26(6,7)8/h15-16,18H,1,12-13H2,2-11H3/t15-,16+,18-/m0/s1. The molecule has 1 heterocycles. The van der Waals surface area contributed by atoms with Crippen LogP contribution in [0.5, 0.6) is 0 Å². The third-order valence-electron chi connectivity index (χ3n) is 4.62. The van der Waals surface area contributed by atoms with Crippen molar-refractivity contribution in [3.63, 3.8) is 0 Å². The second-order valence-corrected chi connectivity index (χ2v) is 24.5. The first-order valence-electron chi connectivity index (χ1n) is 9.79. The van der Waals surface area contributed by atoms with Gasteiger partial charge in [0.25, 0.3) is 5.97 Å². The van der Waals surface area contributed by atoms with Gasteiger partial charge >= 0.3 is 5.97 Å². The molecule has 0 spiro atoms. The molecule has 5 nitrogen and oxygen atoms in total. The summed E-state index contributed by atoms with van der Waals surface area (Å²) in [5.41, 5.74) is 1.02. The van der Waals surface area contributed by atoms with E-state index < -0.39 is 24.9 Å². The minimum atomic E-state index is -2.03. The van der Waals surface area contributed by atoms with Crippen LogP contribution in [0.3, 0.4) is 0 Å². The van der Waals surface area contributed by atoms with E-state index >= 15 is 0 Å². The van der Waals surface area contributed by atoms with Gasteiger partial charge in [0.15, 0.2) is 0 Å². The van der Waals surface area contributed by atoms with E-state index in [2.05, 4.69) is 30.8 Å². The van der Waals surface area contributed by atoms with E-state index in [1.54, 1.807) is 0 Å². The highest BCUT2D eigenvalue weighted by Crippen LogP contribution is 2.40. The molecule has 0 radical (unpaired) electrons. The predicted octanol–water partition coefficient (Wildman–Crippen LogP) is 4.46. The lowest BCUT2D eigenvalue weighted by molar-refractivity contribution is -0.141. The molecule has 0 bridgehead atoms. The van der Waals surface area contributed by atoms with Crippen LogP contribution in [0.25, 0.3) is 0 Å². The average Bonchev–Trinajstić information content (AvgIpc) is 2.73. The minimum Gasteiger partial charge on any atom is -0.520 e. The Morgan fingerprint density at radius 2 is 1.44 bits per heavy atom. The maximum Gasteiger partial charge on any atom is 0.309 e. The number of rotatable bonds is 7. The molecule has 27 heavy (non-hydrogen) atoms. The van der Waals surface area contributed by atoms with E-state index in [1.807, 2.05) is 46.2 Å². The smallest absolute Gasteiger partial charge is 0.309 e. The Hall–Kier alpha value is -0.709. The summed E-state index contributed by atoms with van der Waals surface area (Å²) in [4.78, 5) is 25.8. The number of hydrogen-bond donors (Lipinski definition) is 0. The first kappa shape index (κ1) is 24.3. The molecule has 1 aliphatic heterocycles. The Balaban J connectivity index is 3.25. The fourth-order valence-corrected chi connectivity index (χ4v) is 6.98. The molecule has 0 aromatic heterocycles. The van der Waals surface area contributed by atoms with Crippen molar-refractivity contribution < 1.29 is 18.4 Å². The third-order valence-corrected chi connectivity index (χ3v) is 8.45. The van der Waals surface area contributed by atoms with Crippen molar-refractivity contribution in [3.8, 4) is 0 Å². The van der Waals surface area contributed by atoms with Gasteiger partial charge < -0.3 is 13.4 Å². The summed E-state index contributed by atoms with van der Waals surface area (Å²) in [6, 6.07) is -0.390. The predicted molar refractivity (Wildman–Crippen MR) is 119 cm³/mol. The summed E-state index contributed by atoms with van der Waals surface area (Å²) in [5.74, 6) is -0.410. The lowest BCUT2D eigenvalue weighted by Crippen LogP contribution is -2.54. The summed E-state index contributed by atoms with van der Waals surface area (Å²) in [6.45, 7) is 25.7. The summed E-state index contributed by atoms with van der Waals surface area (Å²) in [6.07, 6.45) is 0.244. The SMILES string of the molecule is C=C(C)[C@H]1CN([Si](C)(C)C)[C@H](C(=O)O[Si](C)(C)C)[C@H]1CC(=O)O[Si](C)(C)C. The van der Waals surface area contributed by atoms with Gasteiger partial charge in [-0.1, -0.05) is 31.8 Å². The van der Waals surface area contributed by atoms with Gasteiger partial charge in [0.2, 0.25) is 16.6 Å². The van der Waals surface area contributed by atoms with Gasteiger partial charge in [0.1, 0.15) is 14.3 Å². The minimum absolute atomic E-state index is 0.102. The normalized spacial score (nSPS) is 24.6. The van der Waals surface area contributed by atoms with Crippen LogP contribution in [0.4, 0.5) is 0 Å². The van der Waals surface area contributed by atoms with Crippen LogP contribution in [-0.4, -0.2) is 54.0 Å². The first-order valence-corrected chi connectivity index (χ1v) is 20.1. The molecule has 0 saturated carbocycles. The van der Waals surface area contributed by atoms with Crippen molar-refractivity contribution in [1.82, 2.24) is 4.57 Å². The second-order valence-electron chi connectivity index (χ2n) is 10.7. The molecule has 0 unspecified atom stereocenters. The molecule has 0 aromatic rings. The highest BCUT2D eigenvalue weighted by atomic mass is 28.4. The zero-order chi connectivity index (χ0) is 21.4. The molecular weight excluding hydrogens is 390 g/mol. The van der Waals surface area contributed by atoms with Crippen molar-refractivity contribution in [2.45, 2.75) is 78.3 Å². The monoisotopic (exact) mass is 429 g/mol. The van der Waals surface area contributed by atoms with Crippen LogP contribution < -0.4 is 0 Å². The fourth-order valence-electron chi connectivity index (χ4n) is 3.62. The van der Waals surface area contributed by atoms with E-state index in [0.29, 0.717) is 0 Å². The first-order chi connectivity index (χ1) is 11.9. The van der Waals surface area contributed by atoms with Crippen LogP contribution in [0, 0.1) is 11.8 Å². The molecule has 156 valence electrons. The van der Waals surface area contributed by atoms with Gasteiger partial charge in [-0.15, -0.1) is 0 Å². The molecule has 1 saturated heterocycles. The number of carbonyl (C=O) groups is 2. The van der Waals surface area contributed by atoms with Crippen LogP contribution in [0.2, 0.25) is 58.9 Å². The number of carbonyl (C=O) groups excluding carboxylic acids is 2. The fraction of sp³-hybridized carbons (Fsp3) is 0.789. The molecule has 0 aliphatic carbocycles. The average molecular weight is 430 g/mol. The molecular formula is C19H39NO4Si3. The molecule has 1 rings (SSSR count). The van der Waals surface area contributed by atoms with Crippen LogP contribution in [0.15, 0.2) is 12.2 Å². The Morgan fingerprint density at radius 3 is 1.81 bits per heavy atom. The Morgan fingerprint density at radius 1 is 0.963 bits per heavy atom. The molecule has 1 fully saturated rings. The van der Waals surface area contributed by atoms with Crippen molar-refractivity contribution in [2.24, 2.45) is 11.8 Å². The maximum atomic E-state index is 13.2. The Bertz CT molecular complexity index is 587. The number of nitrogens with zero attached hydrogens (tertiary/aromatic N) is 1. The van der Waals surface area contributed by atoms with E-state index in [4.69, 9.17) is 8.85 Å².